The standard InChI is InChI=1S/C16H19N3O2/c1-12-5-4-6-14(9-12)18(3)11-13-10-15(19(20)21)7-8-16(13)17-2/h4-10,17H,11H2,1-3H3. The molecule has 5 heteroatoms. The van der Waals surface area contributed by atoms with Crippen molar-refractivity contribution in [1.29, 1.82) is 0 Å². The summed E-state index contributed by atoms with van der Waals surface area (Å²) in [6, 6.07) is 13.1. The molecule has 2 rings (SSSR count). The van der Waals surface area contributed by atoms with Crippen molar-refractivity contribution in [1.82, 2.24) is 0 Å². The second kappa shape index (κ2) is 6.26. The highest BCUT2D eigenvalue weighted by Gasteiger charge is 2.12. The average molecular weight is 285 g/mol. The predicted octanol–water partition coefficient (Wildman–Crippen LogP) is 3.58. The van der Waals surface area contributed by atoms with Crippen LogP contribution < -0.4 is 10.2 Å². The summed E-state index contributed by atoms with van der Waals surface area (Å²) in [4.78, 5) is 12.6. The highest BCUT2D eigenvalue weighted by atomic mass is 16.6. The van der Waals surface area contributed by atoms with Crippen LogP contribution in [0.3, 0.4) is 0 Å². The van der Waals surface area contributed by atoms with Crippen LogP contribution in [0.2, 0.25) is 0 Å². The molecule has 0 aliphatic rings. The fraction of sp³-hybridized carbons (Fsp3) is 0.250. The van der Waals surface area contributed by atoms with E-state index in [0.29, 0.717) is 6.54 Å². The molecule has 21 heavy (non-hydrogen) atoms. The Bertz CT molecular complexity index is 656. The number of hydrogen-bond acceptors (Lipinski definition) is 4. The number of hydrogen-bond donors (Lipinski definition) is 1. The van der Waals surface area contributed by atoms with Gasteiger partial charge in [0.15, 0.2) is 0 Å². The van der Waals surface area contributed by atoms with Gasteiger partial charge in [0, 0.05) is 49.7 Å². The van der Waals surface area contributed by atoms with Gasteiger partial charge in [0.25, 0.3) is 5.69 Å². The van der Waals surface area contributed by atoms with Crippen molar-refractivity contribution in [2.75, 3.05) is 24.3 Å². The van der Waals surface area contributed by atoms with Gasteiger partial charge in [-0.2, -0.15) is 0 Å². The lowest BCUT2D eigenvalue weighted by molar-refractivity contribution is -0.384. The highest BCUT2D eigenvalue weighted by Crippen LogP contribution is 2.25. The zero-order chi connectivity index (χ0) is 15.4. The van der Waals surface area contributed by atoms with Crippen molar-refractivity contribution in [3.05, 3.63) is 63.7 Å². The fourth-order valence-electron chi connectivity index (χ4n) is 2.28. The van der Waals surface area contributed by atoms with Gasteiger partial charge in [-0.05, 0) is 30.7 Å². The molecule has 0 aromatic heterocycles. The zero-order valence-corrected chi connectivity index (χ0v) is 12.5. The third-order valence-corrected chi connectivity index (χ3v) is 3.42. The third-order valence-electron chi connectivity index (χ3n) is 3.42. The van der Waals surface area contributed by atoms with Gasteiger partial charge in [-0.1, -0.05) is 12.1 Å². The molecular weight excluding hydrogens is 266 g/mol. The Balaban J connectivity index is 2.29. The van der Waals surface area contributed by atoms with Crippen molar-refractivity contribution in [3.8, 4) is 0 Å². The minimum Gasteiger partial charge on any atom is -0.388 e. The predicted molar refractivity (Wildman–Crippen MR) is 85.9 cm³/mol. The Morgan fingerprint density at radius 1 is 1.24 bits per heavy atom. The number of nitro benzene ring substituents is 1. The molecule has 2 aromatic rings. The Labute approximate surface area is 124 Å². The van der Waals surface area contributed by atoms with E-state index in [4.69, 9.17) is 0 Å². The summed E-state index contributed by atoms with van der Waals surface area (Å²) in [5, 5.41) is 14.0. The first-order valence-corrected chi connectivity index (χ1v) is 6.74. The molecule has 0 radical (unpaired) electrons. The Hall–Kier alpha value is -2.56. The molecule has 0 aliphatic heterocycles. The van der Waals surface area contributed by atoms with E-state index in [0.717, 1.165) is 16.9 Å². The molecule has 1 N–H and O–H groups in total. The summed E-state index contributed by atoms with van der Waals surface area (Å²) >= 11 is 0. The van der Waals surface area contributed by atoms with E-state index < -0.39 is 0 Å². The maximum Gasteiger partial charge on any atom is 0.269 e. The van der Waals surface area contributed by atoms with Crippen molar-refractivity contribution >= 4 is 17.1 Å². The van der Waals surface area contributed by atoms with E-state index in [1.807, 2.05) is 39.2 Å². The number of nitrogens with zero attached hydrogens (tertiary/aromatic N) is 2. The second-order valence-electron chi connectivity index (χ2n) is 5.04. The van der Waals surface area contributed by atoms with Gasteiger partial charge in [0.1, 0.15) is 0 Å². The summed E-state index contributed by atoms with van der Waals surface area (Å²) in [5.74, 6) is 0. The van der Waals surface area contributed by atoms with Gasteiger partial charge in [-0.3, -0.25) is 10.1 Å². The van der Waals surface area contributed by atoms with Gasteiger partial charge in [0.05, 0.1) is 4.92 Å². The fourth-order valence-corrected chi connectivity index (χ4v) is 2.28. The number of aryl methyl sites for hydroxylation is 1. The summed E-state index contributed by atoms with van der Waals surface area (Å²) in [5.41, 5.74) is 4.19. The van der Waals surface area contributed by atoms with Crippen LogP contribution >= 0.6 is 0 Å². The normalized spacial score (nSPS) is 10.2. The van der Waals surface area contributed by atoms with Gasteiger partial charge in [0.2, 0.25) is 0 Å². The van der Waals surface area contributed by atoms with Crippen molar-refractivity contribution in [3.63, 3.8) is 0 Å². The lowest BCUT2D eigenvalue weighted by atomic mass is 10.1. The molecule has 2 aromatic carbocycles. The molecule has 0 fully saturated rings. The Morgan fingerprint density at radius 3 is 2.62 bits per heavy atom. The molecule has 0 aliphatic carbocycles. The summed E-state index contributed by atoms with van der Waals surface area (Å²) in [6.07, 6.45) is 0. The summed E-state index contributed by atoms with van der Waals surface area (Å²) < 4.78 is 0. The summed E-state index contributed by atoms with van der Waals surface area (Å²) in [7, 11) is 3.80. The molecule has 0 saturated carbocycles. The number of benzene rings is 2. The molecule has 0 heterocycles. The molecule has 0 unspecified atom stereocenters. The average Bonchev–Trinajstić information content (AvgIpc) is 2.47. The number of nitrogens with one attached hydrogen (secondary N) is 1. The molecule has 5 nitrogen and oxygen atoms in total. The summed E-state index contributed by atoms with van der Waals surface area (Å²) in [6.45, 7) is 2.64. The van der Waals surface area contributed by atoms with Gasteiger partial charge in [-0.15, -0.1) is 0 Å². The van der Waals surface area contributed by atoms with Crippen LogP contribution in [0.25, 0.3) is 0 Å². The van der Waals surface area contributed by atoms with E-state index in [9.17, 15) is 10.1 Å². The van der Waals surface area contributed by atoms with Crippen molar-refractivity contribution in [2.45, 2.75) is 13.5 Å². The third kappa shape index (κ3) is 3.51. The van der Waals surface area contributed by atoms with Crippen molar-refractivity contribution < 1.29 is 4.92 Å². The maximum atomic E-state index is 10.9. The molecule has 0 amide bonds. The van der Waals surface area contributed by atoms with Crippen molar-refractivity contribution in [2.24, 2.45) is 0 Å². The first kappa shape index (κ1) is 14.8. The number of nitro groups is 1. The number of non-ortho nitro benzene ring substituents is 1. The molecule has 0 bridgehead atoms. The monoisotopic (exact) mass is 285 g/mol. The number of anilines is 2. The molecule has 110 valence electrons. The van der Waals surface area contributed by atoms with Gasteiger partial charge in [-0.25, -0.2) is 0 Å². The van der Waals surface area contributed by atoms with Gasteiger partial charge < -0.3 is 10.2 Å². The van der Waals surface area contributed by atoms with E-state index in [1.165, 1.54) is 11.6 Å². The van der Waals surface area contributed by atoms with Crippen LogP contribution in [-0.2, 0) is 6.54 Å². The largest absolute Gasteiger partial charge is 0.388 e. The SMILES string of the molecule is CNc1ccc([N+](=O)[O-])cc1CN(C)c1cccc(C)c1. The topological polar surface area (TPSA) is 58.4 Å². The lowest BCUT2D eigenvalue weighted by Crippen LogP contribution is -2.17. The lowest BCUT2D eigenvalue weighted by Gasteiger charge is -2.21. The second-order valence-corrected chi connectivity index (χ2v) is 5.04. The highest BCUT2D eigenvalue weighted by molar-refractivity contribution is 5.58. The zero-order valence-electron chi connectivity index (χ0n) is 12.5. The molecule has 0 saturated heterocycles. The van der Waals surface area contributed by atoms with Crippen LogP contribution in [0.5, 0.6) is 0 Å². The van der Waals surface area contributed by atoms with E-state index in [1.54, 1.807) is 12.1 Å². The molecule has 0 atom stereocenters. The first-order chi connectivity index (χ1) is 10.0. The van der Waals surface area contributed by atoms with Crippen LogP contribution in [-0.4, -0.2) is 19.0 Å². The first-order valence-electron chi connectivity index (χ1n) is 6.74. The van der Waals surface area contributed by atoms with Crippen LogP contribution in [0.1, 0.15) is 11.1 Å². The van der Waals surface area contributed by atoms with E-state index >= 15 is 0 Å². The number of rotatable bonds is 5. The smallest absolute Gasteiger partial charge is 0.269 e. The van der Waals surface area contributed by atoms with E-state index in [-0.39, 0.29) is 10.6 Å². The molecule has 0 spiro atoms. The Morgan fingerprint density at radius 2 is 2.00 bits per heavy atom. The minimum absolute atomic E-state index is 0.113. The maximum absolute atomic E-state index is 10.9. The van der Waals surface area contributed by atoms with Crippen LogP contribution in [0.15, 0.2) is 42.5 Å². The van der Waals surface area contributed by atoms with Crippen LogP contribution in [0.4, 0.5) is 17.1 Å². The Kier molecular flexibility index (Phi) is 4.42. The van der Waals surface area contributed by atoms with Crippen LogP contribution in [0, 0.1) is 17.0 Å². The molecular formula is C16H19N3O2. The van der Waals surface area contributed by atoms with E-state index in [2.05, 4.69) is 16.3 Å². The van der Waals surface area contributed by atoms with Gasteiger partial charge >= 0.3 is 0 Å². The quantitative estimate of drug-likeness (QED) is 0.674. The minimum atomic E-state index is -0.365.